The lowest BCUT2D eigenvalue weighted by molar-refractivity contribution is -0.152. The lowest BCUT2D eigenvalue weighted by Gasteiger charge is -2.38. The van der Waals surface area contributed by atoms with Gasteiger partial charge in [-0.05, 0) is 20.8 Å². The monoisotopic (exact) mass is 407 g/mol. The first-order valence-electron chi connectivity index (χ1n) is 9.34. The van der Waals surface area contributed by atoms with Crippen molar-refractivity contribution in [3.8, 4) is 0 Å². The van der Waals surface area contributed by atoms with Crippen LogP contribution in [0.2, 0.25) is 0 Å². The lowest BCUT2D eigenvalue weighted by Crippen LogP contribution is -2.60. The van der Waals surface area contributed by atoms with Crippen LogP contribution >= 0.6 is 0 Å². The van der Waals surface area contributed by atoms with Gasteiger partial charge in [0.2, 0.25) is 0 Å². The third-order valence-corrected chi connectivity index (χ3v) is 5.20. The van der Waals surface area contributed by atoms with E-state index in [-0.39, 0.29) is 13.2 Å². The number of aromatic amines is 1. The summed E-state index contributed by atoms with van der Waals surface area (Å²) in [5, 5.41) is 27.7. The van der Waals surface area contributed by atoms with Gasteiger partial charge in [-0.3, -0.25) is 23.8 Å². The summed E-state index contributed by atoms with van der Waals surface area (Å²) in [6, 6.07) is 0.432. The highest BCUT2D eigenvalue weighted by Crippen LogP contribution is 2.18. The number of aryl methyl sites for hydroxylation is 2. The number of carbonyl (C=O) groups excluding carboxylic acids is 1. The number of hydrogen-bond donors (Lipinski definition) is 4. The van der Waals surface area contributed by atoms with E-state index in [4.69, 9.17) is 4.74 Å². The number of aromatic nitrogens is 4. The maximum absolute atomic E-state index is 12.5. The molecule has 2 aromatic rings. The maximum atomic E-state index is 12.5. The first kappa shape index (κ1) is 21.0. The number of nitrogens with one attached hydrogen (secondary N) is 2. The number of hydrogen-bond acceptors (Lipinski definition) is 7. The standard InChI is InChI=1S/C18H25N5O6/c1-4-23-10(3)11(6-19-23)17(27)20-12-8-29-13(16(26)15(12)25)7-22-9(2)5-14(24)21-18(22)28/h5-6,12-13,15-16,25-26H,4,7-8H2,1-3H3,(H,20,27)(H,21,24,28)/t12-,13-,15+,16-/m1/s1. The lowest BCUT2D eigenvalue weighted by atomic mass is 9.97. The Hall–Kier alpha value is -2.76. The molecular formula is C18H25N5O6. The van der Waals surface area contributed by atoms with Gasteiger partial charge in [0.25, 0.3) is 11.5 Å². The SMILES string of the molecule is CCn1ncc(C(=O)N[C@@H]2CO[C@H](Cn3c(C)cc(=O)[nH]c3=O)[C@@H](O)[C@H]2O)c1C. The van der Waals surface area contributed by atoms with E-state index >= 15 is 0 Å². The molecule has 1 saturated heterocycles. The zero-order valence-electron chi connectivity index (χ0n) is 16.5. The number of amides is 1. The average Bonchev–Trinajstić information content (AvgIpc) is 3.04. The Kier molecular flexibility index (Phi) is 6.01. The van der Waals surface area contributed by atoms with Crippen molar-refractivity contribution in [2.75, 3.05) is 6.61 Å². The van der Waals surface area contributed by atoms with Gasteiger partial charge in [0.15, 0.2) is 0 Å². The van der Waals surface area contributed by atoms with Crippen LogP contribution in [0.3, 0.4) is 0 Å². The molecule has 29 heavy (non-hydrogen) atoms. The summed E-state index contributed by atoms with van der Waals surface area (Å²) in [4.78, 5) is 38.0. The second kappa shape index (κ2) is 8.31. The number of carbonyl (C=O) groups is 1. The molecule has 1 fully saturated rings. The minimum Gasteiger partial charge on any atom is -0.388 e. The molecule has 11 nitrogen and oxygen atoms in total. The molecule has 1 amide bonds. The molecule has 3 rings (SSSR count). The Morgan fingerprint density at radius 3 is 2.69 bits per heavy atom. The first-order valence-corrected chi connectivity index (χ1v) is 9.34. The summed E-state index contributed by atoms with van der Waals surface area (Å²) in [5.41, 5.74) is 0.342. The number of rotatable bonds is 5. The van der Waals surface area contributed by atoms with Gasteiger partial charge in [0.05, 0.1) is 31.0 Å². The molecule has 11 heteroatoms. The Bertz CT molecular complexity index is 1010. The highest BCUT2D eigenvalue weighted by atomic mass is 16.5. The Morgan fingerprint density at radius 1 is 1.34 bits per heavy atom. The summed E-state index contributed by atoms with van der Waals surface area (Å²) in [6.07, 6.45) is -2.07. The van der Waals surface area contributed by atoms with Crippen LogP contribution in [0.5, 0.6) is 0 Å². The molecule has 3 heterocycles. The van der Waals surface area contributed by atoms with Gasteiger partial charge < -0.3 is 20.3 Å². The van der Waals surface area contributed by atoms with Gasteiger partial charge in [-0.1, -0.05) is 0 Å². The molecular weight excluding hydrogens is 382 g/mol. The minimum absolute atomic E-state index is 0.0489. The first-order chi connectivity index (χ1) is 13.7. The van der Waals surface area contributed by atoms with E-state index in [2.05, 4.69) is 15.4 Å². The van der Waals surface area contributed by atoms with E-state index < -0.39 is 41.5 Å². The molecule has 0 bridgehead atoms. The van der Waals surface area contributed by atoms with E-state index in [1.54, 1.807) is 18.5 Å². The van der Waals surface area contributed by atoms with Crippen molar-refractivity contribution in [2.45, 2.75) is 58.2 Å². The third kappa shape index (κ3) is 4.16. The Morgan fingerprint density at radius 2 is 2.07 bits per heavy atom. The van der Waals surface area contributed by atoms with E-state index in [0.717, 1.165) is 0 Å². The van der Waals surface area contributed by atoms with Crippen LogP contribution < -0.4 is 16.6 Å². The Labute approximate surface area is 165 Å². The number of H-pyrrole nitrogens is 1. The summed E-state index contributed by atoms with van der Waals surface area (Å²) in [7, 11) is 0. The maximum Gasteiger partial charge on any atom is 0.328 e. The quantitative estimate of drug-likeness (QED) is 0.461. The summed E-state index contributed by atoms with van der Waals surface area (Å²) in [6.45, 7) is 5.79. The van der Waals surface area contributed by atoms with E-state index in [9.17, 15) is 24.6 Å². The Balaban J connectivity index is 1.68. The van der Waals surface area contributed by atoms with Crippen LogP contribution in [0.4, 0.5) is 0 Å². The molecule has 1 aliphatic heterocycles. The molecule has 0 aromatic carbocycles. The van der Waals surface area contributed by atoms with Crippen LogP contribution in [0.1, 0.15) is 28.7 Å². The summed E-state index contributed by atoms with van der Waals surface area (Å²) < 4.78 is 8.55. The van der Waals surface area contributed by atoms with Gasteiger partial charge in [-0.2, -0.15) is 5.10 Å². The second-order valence-corrected chi connectivity index (χ2v) is 7.08. The van der Waals surface area contributed by atoms with Crippen molar-refractivity contribution in [3.05, 3.63) is 50.1 Å². The van der Waals surface area contributed by atoms with Crippen molar-refractivity contribution in [2.24, 2.45) is 0 Å². The molecule has 4 N–H and O–H groups in total. The highest BCUT2D eigenvalue weighted by Gasteiger charge is 2.39. The third-order valence-electron chi connectivity index (χ3n) is 5.20. The molecule has 0 spiro atoms. The van der Waals surface area contributed by atoms with Gasteiger partial charge in [0, 0.05) is 24.0 Å². The number of aliphatic hydroxyl groups excluding tert-OH is 2. The average molecular weight is 407 g/mol. The van der Waals surface area contributed by atoms with Gasteiger partial charge in [-0.25, -0.2) is 4.79 Å². The predicted molar refractivity (Wildman–Crippen MR) is 102 cm³/mol. The van der Waals surface area contributed by atoms with E-state index in [0.29, 0.717) is 23.5 Å². The highest BCUT2D eigenvalue weighted by molar-refractivity contribution is 5.95. The van der Waals surface area contributed by atoms with Gasteiger partial charge in [0.1, 0.15) is 18.3 Å². The molecule has 0 aliphatic carbocycles. The summed E-state index contributed by atoms with van der Waals surface area (Å²) >= 11 is 0. The van der Waals surface area contributed by atoms with Crippen LogP contribution in [-0.4, -0.2) is 66.4 Å². The molecule has 2 aromatic heterocycles. The fourth-order valence-corrected chi connectivity index (χ4v) is 3.45. The van der Waals surface area contributed by atoms with Crippen molar-refractivity contribution >= 4 is 5.91 Å². The molecule has 158 valence electrons. The molecule has 0 unspecified atom stereocenters. The van der Waals surface area contributed by atoms with Crippen LogP contribution in [0.15, 0.2) is 21.9 Å². The van der Waals surface area contributed by atoms with E-state index in [1.807, 2.05) is 6.92 Å². The van der Waals surface area contributed by atoms with Gasteiger partial charge >= 0.3 is 5.69 Å². The molecule has 0 saturated carbocycles. The second-order valence-electron chi connectivity index (χ2n) is 7.08. The normalized spacial score (nSPS) is 24.4. The number of nitrogens with zero attached hydrogens (tertiary/aromatic N) is 3. The number of ether oxygens (including phenoxy) is 1. The van der Waals surface area contributed by atoms with Crippen LogP contribution in [0, 0.1) is 13.8 Å². The van der Waals surface area contributed by atoms with Crippen LogP contribution in [-0.2, 0) is 17.8 Å². The zero-order valence-corrected chi connectivity index (χ0v) is 16.5. The topological polar surface area (TPSA) is 151 Å². The number of aliphatic hydroxyl groups is 2. The van der Waals surface area contributed by atoms with Crippen molar-refractivity contribution < 1.29 is 19.7 Å². The fourth-order valence-electron chi connectivity index (χ4n) is 3.45. The minimum atomic E-state index is -1.34. The predicted octanol–water partition coefficient (Wildman–Crippen LogP) is -1.71. The molecule has 1 aliphatic rings. The van der Waals surface area contributed by atoms with Gasteiger partial charge in [-0.15, -0.1) is 0 Å². The summed E-state index contributed by atoms with van der Waals surface area (Å²) in [5.74, 6) is -0.423. The molecule has 4 atom stereocenters. The van der Waals surface area contributed by atoms with E-state index in [1.165, 1.54) is 16.8 Å². The van der Waals surface area contributed by atoms with Crippen LogP contribution in [0.25, 0.3) is 0 Å². The smallest absolute Gasteiger partial charge is 0.328 e. The molecule has 0 radical (unpaired) electrons. The van der Waals surface area contributed by atoms with Crippen molar-refractivity contribution in [3.63, 3.8) is 0 Å². The zero-order chi connectivity index (χ0) is 21.3. The largest absolute Gasteiger partial charge is 0.388 e. The van der Waals surface area contributed by atoms with Crippen molar-refractivity contribution in [1.29, 1.82) is 0 Å². The fraction of sp³-hybridized carbons (Fsp3) is 0.556. The van der Waals surface area contributed by atoms with Crippen molar-refractivity contribution in [1.82, 2.24) is 24.6 Å².